The molecular formula is C16H16ClNO2. The Balaban J connectivity index is 2.51. The van der Waals surface area contributed by atoms with E-state index >= 15 is 0 Å². The topological polar surface area (TPSA) is 52.3 Å². The first kappa shape index (κ1) is 14.6. The fourth-order valence-electron chi connectivity index (χ4n) is 2.03. The molecule has 2 N–H and O–H groups in total. The van der Waals surface area contributed by atoms with Crippen LogP contribution in [-0.4, -0.2) is 12.5 Å². The molecule has 20 heavy (non-hydrogen) atoms. The summed E-state index contributed by atoms with van der Waals surface area (Å²) in [6, 6.07) is 13.3. The average molecular weight is 290 g/mol. The van der Waals surface area contributed by atoms with Crippen LogP contribution in [0.15, 0.2) is 42.5 Å². The predicted molar refractivity (Wildman–Crippen MR) is 81.0 cm³/mol. The highest BCUT2D eigenvalue weighted by Crippen LogP contribution is 2.34. The number of halogens is 1. The second-order valence-corrected chi connectivity index (χ2v) is 4.85. The summed E-state index contributed by atoms with van der Waals surface area (Å²) in [5.74, 6) is 0.163. The van der Waals surface area contributed by atoms with Crippen LogP contribution in [-0.2, 0) is 11.2 Å². The average Bonchev–Trinajstić information content (AvgIpc) is 2.42. The van der Waals surface area contributed by atoms with Crippen molar-refractivity contribution in [2.45, 2.75) is 13.3 Å². The molecule has 0 saturated carbocycles. The van der Waals surface area contributed by atoms with Crippen LogP contribution in [0.25, 0.3) is 11.1 Å². The number of nitrogens with two attached hydrogens (primary N) is 1. The smallest absolute Gasteiger partial charge is 0.308 e. The van der Waals surface area contributed by atoms with Gasteiger partial charge in [0.25, 0.3) is 0 Å². The molecule has 0 amide bonds. The van der Waals surface area contributed by atoms with Crippen molar-refractivity contribution in [3.63, 3.8) is 0 Å². The molecule has 3 nitrogen and oxygen atoms in total. The van der Waals surface area contributed by atoms with Crippen molar-refractivity contribution in [1.82, 2.24) is 0 Å². The van der Waals surface area contributed by atoms with Crippen molar-refractivity contribution in [3.8, 4) is 16.9 Å². The molecule has 0 aliphatic carbocycles. The molecule has 0 aliphatic rings. The fourth-order valence-corrected chi connectivity index (χ4v) is 2.33. The van der Waals surface area contributed by atoms with Gasteiger partial charge in [0.1, 0.15) is 5.75 Å². The largest absolute Gasteiger partial charge is 0.426 e. The van der Waals surface area contributed by atoms with E-state index in [1.165, 1.54) is 6.92 Å². The number of esters is 1. The molecule has 2 aromatic carbocycles. The van der Waals surface area contributed by atoms with Crippen LogP contribution in [0.1, 0.15) is 12.5 Å². The van der Waals surface area contributed by atoms with E-state index < -0.39 is 0 Å². The van der Waals surface area contributed by atoms with E-state index in [0.29, 0.717) is 23.7 Å². The SMILES string of the molecule is CC(=O)Oc1cc(-c2ccccc2)c(Cl)cc1CCN. The van der Waals surface area contributed by atoms with E-state index in [1.54, 1.807) is 6.07 Å². The number of benzene rings is 2. The Morgan fingerprint density at radius 1 is 1.25 bits per heavy atom. The molecule has 0 spiro atoms. The summed E-state index contributed by atoms with van der Waals surface area (Å²) in [7, 11) is 0. The monoisotopic (exact) mass is 289 g/mol. The van der Waals surface area contributed by atoms with E-state index in [0.717, 1.165) is 16.7 Å². The third-order valence-corrected chi connectivity index (χ3v) is 3.22. The minimum atomic E-state index is -0.357. The van der Waals surface area contributed by atoms with Crippen LogP contribution in [0, 0.1) is 0 Å². The Kier molecular flexibility index (Phi) is 4.77. The molecule has 0 saturated heterocycles. The number of carbonyl (C=O) groups is 1. The molecule has 0 unspecified atom stereocenters. The van der Waals surface area contributed by atoms with Crippen molar-refractivity contribution in [3.05, 3.63) is 53.1 Å². The van der Waals surface area contributed by atoms with E-state index in [4.69, 9.17) is 22.1 Å². The van der Waals surface area contributed by atoms with Crippen molar-refractivity contribution < 1.29 is 9.53 Å². The van der Waals surface area contributed by atoms with Crippen LogP contribution < -0.4 is 10.5 Å². The summed E-state index contributed by atoms with van der Waals surface area (Å²) in [6.07, 6.45) is 0.609. The van der Waals surface area contributed by atoms with Crippen molar-refractivity contribution in [1.29, 1.82) is 0 Å². The zero-order valence-electron chi connectivity index (χ0n) is 11.2. The Bertz CT molecular complexity index is 611. The predicted octanol–water partition coefficient (Wildman–Crippen LogP) is 3.43. The van der Waals surface area contributed by atoms with Gasteiger partial charge in [-0.2, -0.15) is 0 Å². The summed E-state index contributed by atoms with van der Waals surface area (Å²) < 4.78 is 5.26. The standard InChI is InChI=1S/C16H16ClNO2/c1-11(19)20-16-10-14(12-5-3-2-4-6-12)15(17)9-13(16)7-8-18/h2-6,9-10H,7-8,18H2,1H3. The first-order valence-electron chi connectivity index (χ1n) is 6.38. The van der Waals surface area contributed by atoms with Gasteiger partial charge in [0.05, 0.1) is 0 Å². The second-order valence-electron chi connectivity index (χ2n) is 4.44. The normalized spacial score (nSPS) is 10.3. The van der Waals surface area contributed by atoms with Gasteiger partial charge in [-0.15, -0.1) is 0 Å². The van der Waals surface area contributed by atoms with Crippen molar-refractivity contribution in [2.75, 3.05) is 6.54 Å². The molecule has 0 bridgehead atoms. The first-order valence-corrected chi connectivity index (χ1v) is 6.76. The molecule has 0 fully saturated rings. The summed E-state index contributed by atoms with van der Waals surface area (Å²) >= 11 is 6.33. The molecule has 2 rings (SSSR count). The maximum Gasteiger partial charge on any atom is 0.308 e. The van der Waals surface area contributed by atoms with Crippen molar-refractivity contribution >= 4 is 17.6 Å². The summed E-state index contributed by atoms with van der Waals surface area (Å²) in [5.41, 5.74) is 8.23. The molecule has 104 valence electrons. The zero-order valence-corrected chi connectivity index (χ0v) is 12.0. The number of hydrogen-bond donors (Lipinski definition) is 1. The molecule has 4 heteroatoms. The quantitative estimate of drug-likeness (QED) is 0.693. The van der Waals surface area contributed by atoms with Gasteiger partial charge in [-0.3, -0.25) is 4.79 Å². The van der Waals surface area contributed by atoms with E-state index in [2.05, 4.69) is 0 Å². The van der Waals surface area contributed by atoms with Crippen LogP contribution in [0.5, 0.6) is 5.75 Å². The summed E-state index contributed by atoms with van der Waals surface area (Å²) in [5, 5.41) is 0.621. The van der Waals surface area contributed by atoms with Gasteiger partial charge in [0, 0.05) is 17.5 Å². The Hall–Kier alpha value is -1.84. The lowest BCUT2D eigenvalue weighted by molar-refractivity contribution is -0.131. The molecule has 0 aromatic heterocycles. The second kappa shape index (κ2) is 6.55. The van der Waals surface area contributed by atoms with Crippen LogP contribution >= 0.6 is 11.6 Å². The highest BCUT2D eigenvalue weighted by atomic mass is 35.5. The maximum atomic E-state index is 11.2. The maximum absolute atomic E-state index is 11.2. The van der Waals surface area contributed by atoms with Crippen LogP contribution in [0.2, 0.25) is 5.02 Å². The highest BCUT2D eigenvalue weighted by Gasteiger charge is 2.12. The zero-order chi connectivity index (χ0) is 14.5. The molecule has 2 aromatic rings. The van der Waals surface area contributed by atoms with Crippen LogP contribution in [0.4, 0.5) is 0 Å². The van der Waals surface area contributed by atoms with Gasteiger partial charge in [-0.05, 0) is 36.2 Å². The van der Waals surface area contributed by atoms with E-state index in [-0.39, 0.29) is 5.97 Å². The number of ether oxygens (including phenoxy) is 1. The van der Waals surface area contributed by atoms with Gasteiger partial charge in [-0.25, -0.2) is 0 Å². The fraction of sp³-hybridized carbons (Fsp3) is 0.188. The van der Waals surface area contributed by atoms with Gasteiger partial charge in [0.2, 0.25) is 0 Å². The number of rotatable bonds is 4. The lowest BCUT2D eigenvalue weighted by atomic mass is 10.0. The minimum Gasteiger partial charge on any atom is -0.426 e. The van der Waals surface area contributed by atoms with Crippen LogP contribution in [0.3, 0.4) is 0 Å². The van der Waals surface area contributed by atoms with Gasteiger partial charge >= 0.3 is 5.97 Å². The third kappa shape index (κ3) is 3.38. The Labute approximate surface area is 123 Å². The molecular weight excluding hydrogens is 274 g/mol. The highest BCUT2D eigenvalue weighted by molar-refractivity contribution is 6.33. The lowest BCUT2D eigenvalue weighted by Gasteiger charge is -2.13. The third-order valence-electron chi connectivity index (χ3n) is 2.90. The van der Waals surface area contributed by atoms with E-state index in [9.17, 15) is 4.79 Å². The van der Waals surface area contributed by atoms with E-state index in [1.807, 2.05) is 36.4 Å². The number of hydrogen-bond acceptors (Lipinski definition) is 3. The van der Waals surface area contributed by atoms with Gasteiger partial charge < -0.3 is 10.5 Å². The first-order chi connectivity index (χ1) is 9.61. The Morgan fingerprint density at radius 2 is 1.95 bits per heavy atom. The molecule has 0 radical (unpaired) electrons. The summed E-state index contributed by atoms with van der Waals surface area (Å²) in [4.78, 5) is 11.2. The molecule has 0 heterocycles. The Morgan fingerprint density at radius 3 is 2.55 bits per heavy atom. The molecule has 0 atom stereocenters. The minimum absolute atomic E-state index is 0.357. The summed E-state index contributed by atoms with van der Waals surface area (Å²) in [6.45, 7) is 1.85. The number of carbonyl (C=O) groups excluding carboxylic acids is 1. The lowest BCUT2D eigenvalue weighted by Crippen LogP contribution is -2.08. The van der Waals surface area contributed by atoms with Gasteiger partial charge in [-0.1, -0.05) is 41.9 Å². The van der Waals surface area contributed by atoms with Gasteiger partial charge in [0.15, 0.2) is 0 Å². The van der Waals surface area contributed by atoms with Crippen molar-refractivity contribution in [2.24, 2.45) is 5.73 Å². The molecule has 0 aliphatic heterocycles.